The predicted octanol–water partition coefficient (Wildman–Crippen LogP) is 2.76. The molecule has 1 fully saturated rings. The van der Waals surface area contributed by atoms with E-state index in [-0.39, 0.29) is 42.6 Å². The smallest absolute Gasteiger partial charge is 0.316 e. The molecule has 258 valence electrons. The van der Waals surface area contributed by atoms with Crippen LogP contribution in [0.15, 0.2) is 77.1 Å². The maximum atomic E-state index is 14.0. The van der Waals surface area contributed by atoms with Gasteiger partial charge in [-0.05, 0) is 63.4 Å². The van der Waals surface area contributed by atoms with Crippen molar-refractivity contribution >= 4 is 23.5 Å². The Balaban J connectivity index is 1.49. The van der Waals surface area contributed by atoms with Crippen molar-refractivity contribution in [3.8, 4) is 0 Å². The van der Waals surface area contributed by atoms with E-state index in [1.807, 2.05) is 44.2 Å². The van der Waals surface area contributed by atoms with Gasteiger partial charge in [-0.25, -0.2) is 0 Å². The molecule has 2 heterocycles. The SMILES string of the molecule is CCOC(=O)C1(c2ccccc2)CCN(CCCNC(=O)C2=C(COCCN)NC(CC)=C(C(N)=O)C2c2ccc([N+](=O)[O-])cc2)CC1. The van der Waals surface area contributed by atoms with Crippen molar-refractivity contribution in [2.75, 3.05) is 52.5 Å². The summed E-state index contributed by atoms with van der Waals surface area (Å²) in [5.41, 5.74) is 13.7. The number of carbonyl (C=O) groups excluding carboxylic acids is 3. The minimum absolute atomic E-state index is 0.0381. The van der Waals surface area contributed by atoms with E-state index in [0.717, 1.165) is 5.56 Å². The molecule has 0 spiro atoms. The van der Waals surface area contributed by atoms with Crippen molar-refractivity contribution in [3.63, 3.8) is 0 Å². The van der Waals surface area contributed by atoms with Gasteiger partial charge in [-0.2, -0.15) is 0 Å². The van der Waals surface area contributed by atoms with Crippen molar-refractivity contribution in [2.24, 2.45) is 11.5 Å². The van der Waals surface area contributed by atoms with E-state index in [1.54, 1.807) is 0 Å². The second kappa shape index (κ2) is 17.0. The van der Waals surface area contributed by atoms with Crippen LogP contribution in [0.1, 0.15) is 56.6 Å². The zero-order valence-electron chi connectivity index (χ0n) is 27.7. The Labute approximate surface area is 280 Å². The second-order valence-corrected chi connectivity index (χ2v) is 11.9. The van der Waals surface area contributed by atoms with Crippen molar-refractivity contribution in [1.29, 1.82) is 0 Å². The molecule has 2 amide bonds. The number of piperidine rings is 1. The number of non-ortho nitro benzene ring substituents is 1. The normalized spacial score (nSPS) is 17.9. The van der Waals surface area contributed by atoms with E-state index in [9.17, 15) is 24.5 Å². The lowest BCUT2D eigenvalue weighted by atomic mass is 9.72. The number of amides is 2. The molecular weight excluding hydrogens is 616 g/mol. The Kier molecular flexibility index (Phi) is 12.8. The molecule has 0 aliphatic carbocycles. The van der Waals surface area contributed by atoms with Crippen molar-refractivity contribution < 1.29 is 28.8 Å². The number of primary amides is 1. The number of benzene rings is 2. The fourth-order valence-electron chi connectivity index (χ4n) is 6.54. The quantitative estimate of drug-likeness (QED) is 0.0899. The first-order chi connectivity index (χ1) is 23.2. The van der Waals surface area contributed by atoms with Gasteiger partial charge in [-0.15, -0.1) is 0 Å². The van der Waals surface area contributed by atoms with Crippen LogP contribution >= 0.6 is 0 Å². The van der Waals surface area contributed by atoms with E-state index in [2.05, 4.69) is 15.5 Å². The Morgan fingerprint density at radius 2 is 1.73 bits per heavy atom. The summed E-state index contributed by atoms with van der Waals surface area (Å²) in [4.78, 5) is 53.0. The molecule has 0 radical (unpaired) electrons. The number of dihydropyridines is 1. The Bertz CT molecular complexity index is 1520. The average molecular weight is 663 g/mol. The van der Waals surface area contributed by atoms with E-state index >= 15 is 0 Å². The van der Waals surface area contributed by atoms with Gasteiger partial charge >= 0.3 is 5.97 Å². The van der Waals surface area contributed by atoms with Gasteiger partial charge in [0.2, 0.25) is 11.8 Å². The zero-order valence-corrected chi connectivity index (χ0v) is 27.7. The van der Waals surface area contributed by atoms with Gasteiger partial charge in [0.15, 0.2) is 0 Å². The topological polar surface area (TPSA) is 192 Å². The number of hydrogen-bond donors (Lipinski definition) is 4. The number of ether oxygens (including phenoxy) is 2. The van der Waals surface area contributed by atoms with Crippen LogP contribution in [0.4, 0.5) is 5.69 Å². The Hall–Kier alpha value is -4.59. The van der Waals surface area contributed by atoms with Crippen molar-refractivity contribution in [2.45, 2.75) is 50.9 Å². The summed E-state index contributed by atoms with van der Waals surface area (Å²) < 4.78 is 11.2. The van der Waals surface area contributed by atoms with Crippen LogP contribution in [0.2, 0.25) is 0 Å². The monoisotopic (exact) mass is 662 g/mol. The minimum atomic E-state index is -0.868. The van der Waals surface area contributed by atoms with E-state index in [1.165, 1.54) is 24.3 Å². The van der Waals surface area contributed by atoms with Crippen LogP contribution in [0.5, 0.6) is 0 Å². The summed E-state index contributed by atoms with van der Waals surface area (Å²) in [6, 6.07) is 15.5. The largest absolute Gasteiger partial charge is 0.465 e. The van der Waals surface area contributed by atoms with Crippen LogP contribution in [0, 0.1) is 10.1 Å². The maximum Gasteiger partial charge on any atom is 0.316 e. The summed E-state index contributed by atoms with van der Waals surface area (Å²) in [5.74, 6) is -2.17. The molecule has 0 saturated carbocycles. The summed E-state index contributed by atoms with van der Waals surface area (Å²) in [6.07, 6.45) is 2.33. The number of carbonyl (C=O) groups is 3. The molecule has 13 heteroatoms. The number of hydrogen-bond acceptors (Lipinski definition) is 10. The molecule has 48 heavy (non-hydrogen) atoms. The van der Waals surface area contributed by atoms with Gasteiger partial charge in [-0.3, -0.25) is 24.5 Å². The fourth-order valence-corrected chi connectivity index (χ4v) is 6.54. The molecule has 1 unspecified atom stereocenters. The van der Waals surface area contributed by atoms with E-state index in [4.69, 9.17) is 20.9 Å². The number of nitro benzene ring substituents is 1. The first-order valence-corrected chi connectivity index (χ1v) is 16.4. The number of nitro groups is 1. The van der Waals surface area contributed by atoms with Gasteiger partial charge in [0, 0.05) is 42.4 Å². The van der Waals surface area contributed by atoms with E-state index in [0.29, 0.717) is 75.4 Å². The molecule has 1 saturated heterocycles. The lowest BCUT2D eigenvalue weighted by Gasteiger charge is -2.40. The Morgan fingerprint density at radius 1 is 1.04 bits per heavy atom. The molecule has 2 aromatic rings. The van der Waals surface area contributed by atoms with Crippen molar-refractivity contribution in [3.05, 3.63) is 98.4 Å². The molecule has 2 aliphatic rings. The van der Waals surface area contributed by atoms with Crippen LogP contribution in [0.25, 0.3) is 0 Å². The average Bonchev–Trinajstić information content (AvgIpc) is 3.10. The highest BCUT2D eigenvalue weighted by Gasteiger charge is 2.44. The number of nitrogens with one attached hydrogen (secondary N) is 2. The first kappa shape index (κ1) is 36.2. The second-order valence-electron chi connectivity index (χ2n) is 11.9. The van der Waals surface area contributed by atoms with Crippen LogP contribution in [-0.2, 0) is 29.3 Å². The number of allylic oxidation sites excluding steroid dienone is 1. The van der Waals surface area contributed by atoms with Gasteiger partial charge in [0.05, 0.1) is 41.4 Å². The molecule has 0 bridgehead atoms. The summed E-state index contributed by atoms with van der Waals surface area (Å²) in [5, 5.41) is 17.6. The zero-order chi connectivity index (χ0) is 34.7. The third kappa shape index (κ3) is 8.27. The van der Waals surface area contributed by atoms with Crippen molar-refractivity contribution in [1.82, 2.24) is 15.5 Å². The minimum Gasteiger partial charge on any atom is -0.465 e. The number of likely N-dealkylation sites (tertiary alicyclic amines) is 1. The number of nitrogens with zero attached hydrogens (tertiary/aromatic N) is 2. The third-order valence-electron chi connectivity index (χ3n) is 8.98. The van der Waals surface area contributed by atoms with Gasteiger partial charge in [-0.1, -0.05) is 49.4 Å². The molecule has 0 aromatic heterocycles. The maximum absolute atomic E-state index is 14.0. The standard InChI is InChI=1S/C35H46N6O7/c1-3-27-30(32(37)42)29(24-11-13-26(14-12-24)41(45)46)31(28(39-27)23-47-22-17-36)33(43)38-18-8-19-40-20-15-35(16-21-40,34(44)48-4-2)25-9-6-5-7-10-25/h5-7,9-14,29,39H,3-4,8,15-23,36H2,1-2H3,(H2,37,42)(H,38,43). The highest BCUT2D eigenvalue weighted by molar-refractivity contribution is 6.03. The van der Waals surface area contributed by atoms with Crippen LogP contribution in [0.3, 0.4) is 0 Å². The lowest BCUT2D eigenvalue weighted by Crippen LogP contribution is -2.48. The summed E-state index contributed by atoms with van der Waals surface area (Å²) in [7, 11) is 0. The van der Waals surface area contributed by atoms with Gasteiger partial charge in [0.1, 0.15) is 0 Å². The molecular formula is C35H46N6O7. The fraction of sp³-hybridized carbons (Fsp3) is 0.457. The molecule has 6 N–H and O–H groups in total. The highest BCUT2D eigenvalue weighted by atomic mass is 16.6. The molecule has 2 aliphatic heterocycles. The van der Waals surface area contributed by atoms with Gasteiger partial charge in [0.25, 0.3) is 5.69 Å². The molecule has 2 aromatic carbocycles. The third-order valence-corrected chi connectivity index (χ3v) is 8.98. The van der Waals surface area contributed by atoms with Crippen LogP contribution < -0.4 is 22.1 Å². The lowest BCUT2D eigenvalue weighted by molar-refractivity contribution is -0.384. The van der Waals surface area contributed by atoms with Gasteiger partial charge < -0.3 is 36.5 Å². The first-order valence-electron chi connectivity index (χ1n) is 16.4. The number of rotatable bonds is 16. The summed E-state index contributed by atoms with van der Waals surface area (Å²) >= 11 is 0. The number of esters is 1. The molecule has 13 nitrogen and oxygen atoms in total. The number of nitrogens with two attached hydrogens (primary N) is 2. The van der Waals surface area contributed by atoms with E-state index < -0.39 is 28.1 Å². The summed E-state index contributed by atoms with van der Waals surface area (Å²) in [6.45, 7) is 7.04. The molecule has 1 atom stereocenters. The highest BCUT2D eigenvalue weighted by Crippen LogP contribution is 2.40. The van der Waals surface area contributed by atoms with Crippen LogP contribution in [-0.4, -0.2) is 80.2 Å². The Morgan fingerprint density at radius 3 is 2.31 bits per heavy atom. The molecule has 4 rings (SSSR count). The predicted molar refractivity (Wildman–Crippen MR) is 180 cm³/mol.